The van der Waals surface area contributed by atoms with E-state index in [-0.39, 0.29) is 0 Å². The average Bonchev–Trinajstić information content (AvgIpc) is 2.27. The van der Waals surface area contributed by atoms with Gasteiger partial charge in [-0.25, -0.2) is 0 Å². The van der Waals surface area contributed by atoms with Gasteiger partial charge in [0.25, 0.3) is 0 Å². The molecule has 0 bridgehead atoms. The fourth-order valence-corrected chi connectivity index (χ4v) is 1.61. The molecular weight excluding hydrogens is 172 g/mol. The quantitative estimate of drug-likeness (QED) is 0.608. The molecule has 0 radical (unpaired) electrons. The first-order valence-corrected chi connectivity index (χ1v) is 4.63. The lowest BCUT2D eigenvalue weighted by molar-refractivity contribution is 1.25. The fraction of sp³-hybridized carbons (Fsp3) is 0.167. The molecule has 0 spiro atoms. The van der Waals surface area contributed by atoms with Gasteiger partial charge < -0.3 is 0 Å². The van der Waals surface area contributed by atoms with Crippen LogP contribution < -0.4 is 0 Å². The second kappa shape index (κ2) is 3.58. The van der Waals surface area contributed by atoms with Crippen LogP contribution >= 0.6 is 0 Å². The first-order chi connectivity index (χ1) is 6.86. The van der Waals surface area contributed by atoms with E-state index in [9.17, 15) is 0 Å². The summed E-state index contributed by atoms with van der Waals surface area (Å²) >= 11 is 0. The summed E-state index contributed by atoms with van der Waals surface area (Å²) in [5, 5.41) is 0. The van der Waals surface area contributed by atoms with Gasteiger partial charge in [-0.15, -0.1) is 0 Å². The lowest BCUT2D eigenvalue weighted by Crippen LogP contribution is -2.11. The Labute approximate surface area is 83.7 Å². The van der Waals surface area contributed by atoms with E-state index in [1.54, 1.807) is 13.2 Å². The Kier molecular flexibility index (Phi) is 2.27. The van der Waals surface area contributed by atoms with Gasteiger partial charge >= 0.3 is 0 Å². The number of rotatable bonds is 0. The van der Waals surface area contributed by atoms with E-state index < -0.39 is 0 Å². The number of aromatic nitrogens is 1. The van der Waals surface area contributed by atoms with Gasteiger partial charge in [-0.1, -0.05) is 24.3 Å². The van der Waals surface area contributed by atoms with Crippen LogP contribution in [0.2, 0.25) is 0 Å². The first kappa shape index (κ1) is 8.88. The third-order valence-electron chi connectivity index (χ3n) is 2.31. The number of hydrogen-bond donors (Lipinski definition) is 0. The fourth-order valence-electron chi connectivity index (χ4n) is 1.61. The van der Waals surface area contributed by atoms with Crippen molar-refractivity contribution in [3.63, 3.8) is 0 Å². The molecule has 0 amide bonds. The summed E-state index contributed by atoms with van der Waals surface area (Å²) in [5.74, 6) is 0. The molecule has 2 heteroatoms. The summed E-state index contributed by atoms with van der Waals surface area (Å²) in [7, 11) is 1.80. The minimum atomic E-state index is 0.977. The summed E-state index contributed by atoms with van der Waals surface area (Å²) in [6.45, 7) is 2.01. The monoisotopic (exact) mass is 184 g/mol. The topological polar surface area (TPSA) is 25.2 Å². The molecule has 0 atom stereocenters. The van der Waals surface area contributed by atoms with Gasteiger partial charge in [0.1, 0.15) is 0 Å². The summed E-state index contributed by atoms with van der Waals surface area (Å²) in [4.78, 5) is 8.62. The molecular formula is C12H12N2. The zero-order valence-corrected chi connectivity index (χ0v) is 8.36. The Morgan fingerprint density at radius 3 is 2.93 bits per heavy atom. The molecule has 1 heterocycles. The molecule has 0 saturated heterocycles. The lowest BCUT2D eigenvalue weighted by atomic mass is 9.96. The number of fused-ring (bicyclic) bond motifs is 1. The number of allylic oxidation sites excluding steroid dienone is 3. The van der Waals surface area contributed by atoms with Crippen LogP contribution in [-0.4, -0.2) is 17.7 Å². The molecule has 2 nitrogen and oxygen atoms in total. The number of nitrogens with zero attached hydrogens (tertiary/aromatic N) is 2. The van der Waals surface area contributed by atoms with Crippen LogP contribution in [0.15, 0.2) is 41.0 Å². The van der Waals surface area contributed by atoms with Gasteiger partial charge in [-0.2, -0.15) is 0 Å². The van der Waals surface area contributed by atoms with Crippen molar-refractivity contribution >= 4 is 11.8 Å². The Morgan fingerprint density at radius 2 is 2.21 bits per heavy atom. The van der Waals surface area contributed by atoms with Crippen molar-refractivity contribution in [1.29, 1.82) is 0 Å². The van der Waals surface area contributed by atoms with Crippen molar-refractivity contribution in [3.8, 4) is 0 Å². The molecule has 70 valence electrons. The molecule has 14 heavy (non-hydrogen) atoms. The minimum absolute atomic E-state index is 0.977. The lowest BCUT2D eigenvalue weighted by Gasteiger charge is -2.13. The molecule has 0 aliphatic heterocycles. The first-order valence-electron chi connectivity index (χ1n) is 4.63. The van der Waals surface area contributed by atoms with Crippen molar-refractivity contribution in [3.05, 3.63) is 47.3 Å². The van der Waals surface area contributed by atoms with E-state index in [4.69, 9.17) is 0 Å². The van der Waals surface area contributed by atoms with E-state index in [0.717, 1.165) is 22.5 Å². The second-order valence-electron chi connectivity index (χ2n) is 3.09. The van der Waals surface area contributed by atoms with Gasteiger partial charge in [0.2, 0.25) is 0 Å². The van der Waals surface area contributed by atoms with Crippen LogP contribution in [0.1, 0.15) is 18.2 Å². The van der Waals surface area contributed by atoms with Crippen molar-refractivity contribution in [2.75, 3.05) is 7.05 Å². The van der Waals surface area contributed by atoms with Gasteiger partial charge in [0.05, 0.1) is 11.4 Å². The van der Waals surface area contributed by atoms with E-state index in [1.807, 2.05) is 13.0 Å². The molecule has 1 aliphatic carbocycles. The molecule has 1 aromatic heterocycles. The SMILES string of the molecule is C/C=C1/C=Cc2cccnc2C1=NC. The van der Waals surface area contributed by atoms with E-state index in [2.05, 4.69) is 34.3 Å². The van der Waals surface area contributed by atoms with E-state index in [0.29, 0.717) is 0 Å². The van der Waals surface area contributed by atoms with Crippen LogP contribution in [0.5, 0.6) is 0 Å². The third-order valence-corrected chi connectivity index (χ3v) is 2.31. The number of aliphatic imine (C=N–C) groups is 1. The highest BCUT2D eigenvalue weighted by Crippen LogP contribution is 2.20. The summed E-state index contributed by atoms with van der Waals surface area (Å²) in [6.07, 6.45) is 8.01. The van der Waals surface area contributed by atoms with Gasteiger partial charge in [0, 0.05) is 18.8 Å². The molecule has 0 saturated carbocycles. The summed E-state index contributed by atoms with van der Waals surface area (Å²) in [6, 6.07) is 3.99. The Balaban J connectivity index is 2.65. The van der Waals surface area contributed by atoms with Crippen LogP contribution in [0, 0.1) is 0 Å². The summed E-state index contributed by atoms with van der Waals surface area (Å²) < 4.78 is 0. The highest BCUT2D eigenvalue weighted by molar-refractivity contribution is 6.17. The van der Waals surface area contributed by atoms with E-state index in [1.165, 1.54) is 0 Å². The molecule has 2 rings (SSSR count). The second-order valence-corrected chi connectivity index (χ2v) is 3.09. The van der Waals surface area contributed by atoms with Crippen LogP contribution in [0.3, 0.4) is 0 Å². The Hall–Kier alpha value is -1.70. The highest BCUT2D eigenvalue weighted by Gasteiger charge is 2.14. The molecule has 0 fully saturated rings. The normalized spacial score (nSPS) is 20.1. The number of pyridine rings is 1. The average molecular weight is 184 g/mol. The minimum Gasteiger partial charge on any atom is -0.286 e. The highest BCUT2D eigenvalue weighted by atomic mass is 14.8. The third kappa shape index (κ3) is 1.29. The van der Waals surface area contributed by atoms with E-state index >= 15 is 0 Å². The predicted molar refractivity (Wildman–Crippen MR) is 59.5 cm³/mol. The standard InChI is InChI=1S/C12H12N2/c1-3-9-6-7-10-5-4-8-14-12(10)11(9)13-2/h3-8H,1-2H3/b9-3-,13-11?. The maximum Gasteiger partial charge on any atom is 0.0959 e. The van der Waals surface area contributed by atoms with Crippen LogP contribution in [0.25, 0.3) is 6.08 Å². The molecule has 0 N–H and O–H groups in total. The number of hydrogen-bond acceptors (Lipinski definition) is 2. The van der Waals surface area contributed by atoms with Gasteiger partial charge in [-0.3, -0.25) is 9.98 Å². The molecule has 0 aromatic carbocycles. The largest absolute Gasteiger partial charge is 0.286 e. The van der Waals surface area contributed by atoms with Crippen LogP contribution in [-0.2, 0) is 0 Å². The Morgan fingerprint density at radius 1 is 1.36 bits per heavy atom. The predicted octanol–water partition coefficient (Wildman–Crippen LogP) is 2.47. The zero-order valence-electron chi connectivity index (χ0n) is 8.36. The van der Waals surface area contributed by atoms with Gasteiger partial charge in [0.15, 0.2) is 0 Å². The van der Waals surface area contributed by atoms with Crippen molar-refractivity contribution < 1.29 is 0 Å². The summed E-state index contributed by atoms with van der Waals surface area (Å²) in [5.41, 5.74) is 4.23. The van der Waals surface area contributed by atoms with Crippen molar-refractivity contribution in [1.82, 2.24) is 4.98 Å². The Bertz CT molecular complexity index is 439. The van der Waals surface area contributed by atoms with Crippen molar-refractivity contribution in [2.24, 2.45) is 4.99 Å². The zero-order chi connectivity index (χ0) is 9.97. The van der Waals surface area contributed by atoms with Crippen LogP contribution in [0.4, 0.5) is 0 Å². The maximum absolute atomic E-state index is 4.35. The smallest absolute Gasteiger partial charge is 0.0959 e. The molecule has 1 aromatic rings. The molecule has 0 unspecified atom stereocenters. The maximum atomic E-state index is 4.35. The van der Waals surface area contributed by atoms with Gasteiger partial charge in [-0.05, 0) is 18.6 Å². The van der Waals surface area contributed by atoms with Crippen molar-refractivity contribution in [2.45, 2.75) is 6.92 Å². The molecule has 1 aliphatic rings.